The lowest BCUT2D eigenvalue weighted by Gasteiger charge is -2.08. The van der Waals surface area contributed by atoms with E-state index in [4.69, 9.17) is 0 Å². The molecule has 3 aromatic rings. The summed E-state index contributed by atoms with van der Waals surface area (Å²) in [5, 5.41) is 0. The number of hydrogen-bond acceptors (Lipinski definition) is 0. The van der Waals surface area contributed by atoms with Crippen LogP contribution < -0.4 is 0 Å². The third-order valence-corrected chi connectivity index (χ3v) is 6.03. The predicted octanol–water partition coefficient (Wildman–Crippen LogP) is 9.39. The molecule has 0 N–H and O–H groups in total. The van der Waals surface area contributed by atoms with Crippen molar-refractivity contribution in [2.75, 3.05) is 0 Å². The van der Waals surface area contributed by atoms with Crippen LogP contribution in [0.15, 0.2) is 114 Å². The first-order valence-corrected chi connectivity index (χ1v) is 12.6. The number of allylic oxidation sites excluding steroid dienone is 2. The van der Waals surface area contributed by atoms with E-state index in [-0.39, 0.29) is 0 Å². The quantitative estimate of drug-likeness (QED) is 0.143. The molecule has 0 unspecified atom stereocenters. The highest BCUT2D eigenvalue weighted by molar-refractivity contribution is 5.52. The predicted molar refractivity (Wildman–Crippen MR) is 144 cm³/mol. The highest BCUT2D eigenvalue weighted by Crippen LogP contribution is 2.19. The van der Waals surface area contributed by atoms with Crippen molar-refractivity contribution in [3.63, 3.8) is 0 Å². The van der Waals surface area contributed by atoms with Gasteiger partial charge in [-0.3, -0.25) is 0 Å². The molecule has 0 nitrogen and oxygen atoms in total. The summed E-state index contributed by atoms with van der Waals surface area (Å²) in [6.45, 7) is 2.28. The van der Waals surface area contributed by atoms with Gasteiger partial charge in [0.05, 0.1) is 0 Å². The van der Waals surface area contributed by atoms with E-state index in [1.54, 1.807) is 0 Å². The Kier molecular flexibility index (Phi) is 11.1. The molecule has 0 aliphatic rings. The van der Waals surface area contributed by atoms with Gasteiger partial charge in [0, 0.05) is 0 Å². The van der Waals surface area contributed by atoms with Crippen LogP contribution in [0.25, 0.3) is 6.08 Å². The van der Waals surface area contributed by atoms with E-state index >= 15 is 0 Å². The molecule has 0 saturated carbocycles. The van der Waals surface area contributed by atoms with Crippen molar-refractivity contribution in [3.8, 4) is 0 Å². The van der Waals surface area contributed by atoms with Gasteiger partial charge < -0.3 is 0 Å². The summed E-state index contributed by atoms with van der Waals surface area (Å²) in [4.78, 5) is 0. The van der Waals surface area contributed by atoms with Gasteiger partial charge in [0.1, 0.15) is 0 Å². The van der Waals surface area contributed by atoms with Crippen LogP contribution in [0, 0.1) is 0 Å². The minimum Gasteiger partial charge on any atom is -0.118 e. The smallest absolute Gasteiger partial charge is 0.00606 e. The second-order valence-corrected chi connectivity index (χ2v) is 8.78. The zero-order valence-corrected chi connectivity index (χ0v) is 20.2. The second kappa shape index (κ2) is 14.9. The minimum atomic E-state index is 1.06. The van der Waals surface area contributed by atoms with Crippen molar-refractivity contribution in [1.29, 1.82) is 0 Å². The Labute approximate surface area is 201 Å². The highest BCUT2D eigenvalue weighted by Gasteiger charge is 2.03. The molecule has 0 fully saturated rings. The monoisotopic (exact) mass is 434 g/mol. The standard InChI is InChI=1S/C33H38/c1-2-3-4-8-21-32(25-22-29-15-9-5-10-16-29)28-33(26-23-30-17-11-6-12-18-30)27-24-31-19-13-7-14-20-31/h5-7,9-20,22,25H,2-4,8,21,23-24,26-27H2,1H3/b25-22+. The Hall–Kier alpha value is -3.08. The maximum Gasteiger partial charge on any atom is -0.00606 e. The first-order chi connectivity index (χ1) is 16.3. The average Bonchev–Trinajstić information content (AvgIpc) is 2.88. The topological polar surface area (TPSA) is 0 Å². The van der Waals surface area contributed by atoms with Crippen LogP contribution in [-0.4, -0.2) is 0 Å². The van der Waals surface area contributed by atoms with Gasteiger partial charge in [-0.05, 0) is 66.4 Å². The molecule has 0 saturated heterocycles. The third kappa shape index (κ3) is 9.94. The van der Waals surface area contributed by atoms with E-state index in [0.717, 1.165) is 32.1 Å². The molecule has 0 spiro atoms. The molecule has 170 valence electrons. The zero-order valence-electron chi connectivity index (χ0n) is 20.2. The van der Waals surface area contributed by atoms with E-state index in [9.17, 15) is 0 Å². The molecule has 0 aromatic heterocycles. The van der Waals surface area contributed by atoms with E-state index < -0.39 is 0 Å². The van der Waals surface area contributed by atoms with Crippen molar-refractivity contribution < 1.29 is 0 Å². The largest absolute Gasteiger partial charge is 0.118 e. The highest BCUT2D eigenvalue weighted by atomic mass is 14.1. The summed E-state index contributed by atoms with van der Waals surface area (Å²) < 4.78 is 0. The summed E-state index contributed by atoms with van der Waals surface area (Å²) in [6, 6.07) is 32.3. The normalized spacial score (nSPS) is 10.8. The van der Waals surface area contributed by atoms with Crippen molar-refractivity contribution in [1.82, 2.24) is 0 Å². The molecular formula is C33H38. The number of aryl methyl sites for hydroxylation is 2. The van der Waals surface area contributed by atoms with E-state index in [0.29, 0.717) is 0 Å². The summed E-state index contributed by atoms with van der Waals surface area (Å²) in [6.07, 6.45) is 15.0. The number of unbranched alkanes of at least 4 members (excludes halogenated alkanes) is 3. The van der Waals surface area contributed by atoms with Crippen LogP contribution in [0.5, 0.6) is 0 Å². The SMILES string of the molecule is CCCCCCC(=C=C(CCc1ccccc1)CCc1ccccc1)/C=C/c1ccccc1. The van der Waals surface area contributed by atoms with Crippen LogP contribution >= 0.6 is 0 Å². The maximum atomic E-state index is 3.89. The maximum absolute atomic E-state index is 3.89. The van der Waals surface area contributed by atoms with E-state index in [1.165, 1.54) is 53.5 Å². The number of hydrogen-bond donors (Lipinski definition) is 0. The lowest BCUT2D eigenvalue weighted by molar-refractivity contribution is 0.668. The lowest BCUT2D eigenvalue weighted by atomic mass is 9.97. The van der Waals surface area contributed by atoms with Crippen LogP contribution in [0.4, 0.5) is 0 Å². The van der Waals surface area contributed by atoms with Crippen molar-refractivity contribution in [2.24, 2.45) is 0 Å². The fourth-order valence-electron chi connectivity index (χ4n) is 4.05. The molecule has 33 heavy (non-hydrogen) atoms. The molecule has 3 aromatic carbocycles. The first kappa shape index (κ1) is 24.6. The van der Waals surface area contributed by atoms with E-state index in [2.05, 4.69) is 116 Å². The van der Waals surface area contributed by atoms with Crippen molar-refractivity contribution in [3.05, 3.63) is 131 Å². The van der Waals surface area contributed by atoms with Gasteiger partial charge >= 0.3 is 0 Å². The number of rotatable bonds is 13. The fourth-order valence-corrected chi connectivity index (χ4v) is 4.05. The Morgan fingerprint density at radius 2 is 1.18 bits per heavy atom. The average molecular weight is 435 g/mol. The number of benzene rings is 3. The van der Waals surface area contributed by atoms with Gasteiger partial charge in [0.15, 0.2) is 0 Å². The van der Waals surface area contributed by atoms with Crippen molar-refractivity contribution >= 4 is 6.08 Å². The molecule has 0 radical (unpaired) electrons. The Morgan fingerprint density at radius 3 is 1.73 bits per heavy atom. The summed E-state index contributed by atoms with van der Waals surface area (Å²) in [5.41, 5.74) is 10.7. The van der Waals surface area contributed by atoms with Gasteiger partial charge in [0.25, 0.3) is 0 Å². The van der Waals surface area contributed by atoms with Gasteiger partial charge in [0.2, 0.25) is 0 Å². The van der Waals surface area contributed by atoms with Crippen LogP contribution in [0.3, 0.4) is 0 Å². The molecule has 0 heteroatoms. The molecule has 0 heterocycles. The van der Waals surface area contributed by atoms with Crippen LogP contribution in [0.2, 0.25) is 0 Å². The van der Waals surface area contributed by atoms with E-state index in [1.807, 2.05) is 0 Å². The summed E-state index contributed by atoms with van der Waals surface area (Å²) in [7, 11) is 0. The van der Waals surface area contributed by atoms with Gasteiger partial charge in [-0.2, -0.15) is 0 Å². The fraction of sp³-hybridized carbons (Fsp3) is 0.303. The molecule has 0 aliphatic heterocycles. The van der Waals surface area contributed by atoms with Gasteiger partial charge in [-0.25, -0.2) is 0 Å². The van der Waals surface area contributed by atoms with Crippen molar-refractivity contribution in [2.45, 2.75) is 64.7 Å². The Morgan fingerprint density at radius 1 is 0.636 bits per heavy atom. The minimum absolute atomic E-state index is 1.06. The van der Waals surface area contributed by atoms with Gasteiger partial charge in [-0.1, -0.05) is 129 Å². The van der Waals surface area contributed by atoms with Crippen LogP contribution in [0.1, 0.15) is 68.6 Å². The Balaban J connectivity index is 1.83. The Bertz CT molecular complexity index is 958. The molecule has 0 aliphatic carbocycles. The second-order valence-electron chi connectivity index (χ2n) is 8.78. The summed E-state index contributed by atoms with van der Waals surface area (Å²) >= 11 is 0. The molecule has 0 atom stereocenters. The molecule has 3 rings (SSSR count). The first-order valence-electron chi connectivity index (χ1n) is 12.6. The third-order valence-electron chi connectivity index (χ3n) is 6.03. The lowest BCUT2D eigenvalue weighted by Crippen LogP contribution is -1.93. The molecule has 0 bridgehead atoms. The van der Waals surface area contributed by atoms with Crippen LogP contribution in [-0.2, 0) is 12.8 Å². The summed E-state index contributed by atoms with van der Waals surface area (Å²) in [5.74, 6) is 0. The molecular weight excluding hydrogens is 396 g/mol. The van der Waals surface area contributed by atoms with Gasteiger partial charge in [-0.15, -0.1) is 5.73 Å². The molecule has 0 amide bonds. The zero-order chi connectivity index (χ0) is 23.0.